The standard InChI is InChI=1S/C26H24BrN3O/c1-17-23-12-9-19-14-28-30(16-18-7-10-22(27)11-8-18)25(19)26(23,21-5-3-2-4-6-21)13-20-15-29-31-24(17)20/h2-8,10-11,14-15,17,23H,9,12-13,16H2,1H3/t17-,23-,26+/m0/s1. The molecule has 2 aliphatic rings. The van der Waals surface area contributed by atoms with Crippen molar-refractivity contribution >= 4 is 15.9 Å². The van der Waals surface area contributed by atoms with Crippen molar-refractivity contribution in [3.8, 4) is 0 Å². The van der Waals surface area contributed by atoms with Gasteiger partial charge in [-0.2, -0.15) is 5.10 Å². The summed E-state index contributed by atoms with van der Waals surface area (Å²) in [6.07, 6.45) is 7.12. The zero-order valence-corrected chi connectivity index (χ0v) is 19.0. The number of benzene rings is 2. The first-order valence-electron chi connectivity index (χ1n) is 11.0. The first kappa shape index (κ1) is 19.1. The molecule has 0 bridgehead atoms. The van der Waals surface area contributed by atoms with Crippen LogP contribution < -0.4 is 0 Å². The minimum absolute atomic E-state index is 0.126. The summed E-state index contributed by atoms with van der Waals surface area (Å²) in [6, 6.07) is 19.6. The smallest absolute Gasteiger partial charge is 0.143 e. The lowest BCUT2D eigenvalue weighted by Gasteiger charge is -2.50. The van der Waals surface area contributed by atoms with Gasteiger partial charge < -0.3 is 4.52 Å². The Bertz CT molecular complexity index is 1230. The molecule has 2 aromatic carbocycles. The molecule has 0 N–H and O–H groups in total. The molecule has 4 aromatic rings. The molecule has 6 rings (SSSR count). The molecule has 0 spiro atoms. The van der Waals surface area contributed by atoms with E-state index in [2.05, 4.69) is 93.5 Å². The van der Waals surface area contributed by atoms with Gasteiger partial charge in [-0.1, -0.05) is 70.5 Å². The molecule has 0 aliphatic heterocycles. The van der Waals surface area contributed by atoms with E-state index in [0.29, 0.717) is 11.8 Å². The Morgan fingerprint density at radius 3 is 2.68 bits per heavy atom. The summed E-state index contributed by atoms with van der Waals surface area (Å²) in [7, 11) is 0. The van der Waals surface area contributed by atoms with Crippen molar-refractivity contribution < 1.29 is 4.52 Å². The third kappa shape index (κ3) is 2.86. The Hall–Kier alpha value is -2.66. The van der Waals surface area contributed by atoms with Gasteiger partial charge in [0.15, 0.2) is 0 Å². The molecule has 0 fully saturated rings. The van der Waals surface area contributed by atoms with Gasteiger partial charge in [0.2, 0.25) is 0 Å². The van der Waals surface area contributed by atoms with E-state index in [1.54, 1.807) is 0 Å². The zero-order valence-electron chi connectivity index (χ0n) is 17.5. The largest absolute Gasteiger partial charge is 0.361 e. The number of hydrogen-bond acceptors (Lipinski definition) is 3. The van der Waals surface area contributed by atoms with Gasteiger partial charge in [-0.25, -0.2) is 0 Å². The third-order valence-electron chi connectivity index (χ3n) is 7.39. The quantitative estimate of drug-likeness (QED) is 0.372. The minimum Gasteiger partial charge on any atom is -0.361 e. The number of aryl methyl sites for hydroxylation is 1. The molecule has 2 heterocycles. The van der Waals surface area contributed by atoms with Gasteiger partial charge in [0.1, 0.15) is 5.76 Å². The van der Waals surface area contributed by atoms with Crippen LogP contribution in [-0.2, 0) is 24.8 Å². The SMILES string of the molecule is C[C@@H]1c2oncc2C[C@]2(c3ccccc3)c3c(cnn3Cc3ccc(Br)cc3)CC[C@@H]12. The second-order valence-corrected chi connectivity index (χ2v) is 9.88. The number of nitrogens with zero attached hydrogens (tertiary/aromatic N) is 3. The maximum Gasteiger partial charge on any atom is 0.143 e. The van der Waals surface area contributed by atoms with Gasteiger partial charge in [0, 0.05) is 21.4 Å². The van der Waals surface area contributed by atoms with E-state index in [-0.39, 0.29) is 5.41 Å². The lowest BCUT2D eigenvalue weighted by atomic mass is 9.53. The van der Waals surface area contributed by atoms with Crippen LogP contribution in [0.4, 0.5) is 0 Å². The molecular weight excluding hydrogens is 450 g/mol. The van der Waals surface area contributed by atoms with Gasteiger partial charge in [0.25, 0.3) is 0 Å². The van der Waals surface area contributed by atoms with E-state index in [1.165, 1.54) is 27.9 Å². The lowest BCUT2D eigenvalue weighted by Crippen LogP contribution is -2.48. The molecule has 2 aromatic heterocycles. The predicted molar refractivity (Wildman–Crippen MR) is 123 cm³/mol. The molecule has 156 valence electrons. The number of halogens is 1. The van der Waals surface area contributed by atoms with Crippen molar-refractivity contribution in [3.63, 3.8) is 0 Å². The molecule has 2 aliphatic carbocycles. The van der Waals surface area contributed by atoms with Crippen LogP contribution >= 0.6 is 15.9 Å². The van der Waals surface area contributed by atoms with Crippen molar-refractivity contribution in [1.82, 2.24) is 14.9 Å². The van der Waals surface area contributed by atoms with Gasteiger partial charge >= 0.3 is 0 Å². The molecule has 0 saturated heterocycles. The fourth-order valence-corrected chi connectivity index (χ4v) is 6.34. The van der Waals surface area contributed by atoms with Crippen molar-refractivity contribution in [1.29, 1.82) is 0 Å². The van der Waals surface area contributed by atoms with Crippen molar-refractivity contribution in [2.45, 2.75) is 44.1 Å². The summed E-state index contributed by atoms with van der Waals surface area (Å²) in [4.78, 5) is 0. The van der Waals surface area contributed by atoms with E-state index in [0.717, 1.165) is 36.0 Å². The third-order valence-corrected chi connectivity index (χ3v) is 7.92. The maximum atomic E-state index is 5.73. The van der Waals surface area contributed by atoms with Crippen LogP contribution in [0.1, 0.15) is 53.0 Å². The molecule has 5 heteroatoms. The highest BCUT2D eigenvalue weighted by Gasteiger charge is 2.54. The van der Waals surface area contributed by atoms with E-state index in [9.17, 15) is 0 Å². The monoisotopic (exact) mass is 473 g/mol. The fourth-order valence-electron chi connectivity index (χ4n) is 6.08. The van der Waals surface area contributed by atoms with E-state index in [4.69, 9.17) is 9.62 Å². The lowest BCUT2D eigenvalue weighted by molar-refractivity contribution is 0.184. The maximum absolute atomic E-state index is 5.73. The Balaban J connectivity index is 1.56. The predicted octanol–water partition coefficient (Wildman–Crippen LogP) is 5.89. The van der Waals surface area contributed by atoms with Gasteiger partial charge in [0.05, 0.1) is 24.6 Å². The Morgan fingerprint density at radius 2 is 1.87 bits per heavy atom. The summed E-state index contributed by atoms with van der Waals surface area (Å²) in [5.74, 6) is 1.83. The minimum atomic E-state index is -0.126. The normalized spacial score (nSPS) is 24.3. The highest BCUT2D eigenvalue weighted by atomic mass is 79.9. The van der Waals surface area contributed by atoms with Crippen LogP contribution in [0, 0.1) is 5.92 Å². The van der Waals surface area contributed by atoms with Crippen LogP contribution in [0.5, 0.6) is 0 Å². The summed E-state index contributed by atoms with van der Waals surface area (Å²) in [6.45, 7) is 3.08. The fraction of sp³-hybridized carbons (Fsp3) is 0.308. The molecular formula is C26H24BrN3O. The van der Waals surface area contributed by atoms with Gasteiger partial charge in [-0.15, -0.1) is 0 Å². The van der Waals surface area contributed by atoms with E-state index in [1.807, 2.05) is 6.20 Å². The van der Waals surface area contributed by atoms with Crippen LogP contribution in [0.15, 0.2) is 76.0 Å². The number of aromatic nitrogens is 3. The average molecular weight is 474 g/mol. The zero-order chi connectivity index (χ0) is 21.0. The number of rotatable bonds is 3. The molecule has 3 atom stereocenters. The molecule has 0 unspecified atom stereocenters. The van der Waals surface area contributed by atoms with Gasteiger partial charge in [-0.3, -0.25) is 4.68 Å². The summed E-state index contributed by atoms with van der Waals surface area (Å²) >= 11 is 3.55. The Labute approximate surface area is 190 Å². The Morgan fingerprint density at radius 1 is 1.06 bits per heavy atom. The van der Waals surface area contributed by atoms with Crippen LogP contribution in [-0.4, -0.2) is 14.9 Å². The topological polar surface area (TPSA) is 43.9 Å². The summed E-state index contributed by atoms with van der Waals surface area (Å²) in [5.41, 5.74) is 6.49. The Kier molecular flexibility index (Phi) is 4.42. The molecule has 0 saturated carbocycles. The first-order chi connectivity index (χ1) is 15.2. The second-order valence-electron chi connectivity index (χ2n) is 8.97. The van der Waals surface area contributed by atoms with Gasteiger partial charge in [-0.05, 0) is 54.0 Å². The molecule has 31 heavy (non-hydrogen) atoms. The second kappa shape index (κ2) is 7.20. The van der Waals surface area contributed by atoms with Crippen molar-refractivity contribution in [2.24, 2.45) is 5.92 Å². The van der Waals surface area contributed by atoms with E-state index >= 15 is 0 Å². The van der Waals surface area contributed by atoms with Crippen LogP contribution in [0.2, 0.25) is 0 Å². The molecule has 4 nitrogen and oxygen atoms in total. The van der Waals surface area contributed by atoms with Crippen molar-refractivity contribution in [3.05, 3.63) is 105 Å². The number of hydrogen-bond donors (Lipinski definition) is 0. The molecule has 0 radical (unpaired) electrons. The van der Waals surface area contributed by atoms with Crippen LogP contribution in [0.25, 0.3) is 0 Å². The molecule has 0 amide bonds. The van der Waals surface area contributed by atoms with Crippen molar-refractivity contribution in [2.75, 3.05) is 0 Å². The first-order valence-corrected chi connectivity index (χ1v) is 11.7. The summed E-state index contributed by atoms with van der Waals surface area (Å²) in [5, 5.41) is 9.09. The van der Waals surface area contributed by atoms with E-state index < -0.39 is 0 Å². The number of fused-ring (bicyclic) bond motifs is 4. The average Bonchev–Trinajstić information content (AvgIpc) is 3.43. The van der Waals surface area contributed by atoms with Crippen LogP contribution in [0.3, 0.4) is 0 Å². The highest BCUT2D eigenvalue weighted by Crippen LogP contribution is 2.57. The highest BCUT2D eigenvalue weighted by molar-refractivity contribution is 9.10. The summed E-state index contributed by atoms with van der Waals surface area (Å²) < 4.78 is 9.08.